The number of hydrogen-bond donors (Lipinski definition) is 0. The summed E-state index contributed by atoms with van der Waals surface area (Å²) in [6, 6.07) is 20.0. The number of para-hydroxylation sites is 1. The number of allylic oxidation sites excluding steroid dienone is 1. The Morgan fingerprint density at radius 3 is 1.40 bits per heavy atom. The predicted octanol–water partition coefficient (Wildman–Crippen LogP) is 8.91. The number of unbranched alkanes of at least 4 members (excludes halogenated alkanes) is 3. The monoisotopic (exact) mass is 660 g/mol. The standard InChI is InChI=1S/C11H12O2.C10H10O2.C10H18O2.C9H12O2/c1-9(12)3-4-10-5-7-11(13-2)8-6-10;1-7(11)9-3-5-10(6-4-9)8(2)12;1-9(11)7-5-3-4-6-8-10(2)12;1-7-5-4-6-8(10-2)9(7)11-3/h3-8H,1-2H3;3-6H,1-2H3;3-8H2,1-2H3;4-6H,1-3H3/b4-3+;;;. The fourth-order valence-electron chi connectivity index (χ4n) is 4.02. The predicted molar refractivity (Wildman–Crippen MR) is 193 cm³/mol. The molecule has 3 rings (SSSR count). The van der Waals surface area contributed by atoms with Gasteiger partial charge >= 0.3 is 0 Å². The second-order valence-corrected chi connectivity index (χ2v) is 11.0. The van der Waals surface area contributed by atoms with Crippen LogP contribution in [0.2, 0.25) is 0 Å². The lowest BCUT2D eigenvalue weighted by Gasteiger charge is -2.08. The highest BCUT2D eigenvalue weighted by Crippen LogP contribution is 2.29. The second-order valence-electron chi connectivity index (χ2n) is 11.0. The van der Waals surface area contributed by atoms with Crippen molar-refractivity contribution in [2.75, 3.05) is 21.3 Å². The fourth-order valence-corrected chi connectivity index (χ4v) is 4.02. The van der Waals surface area contributed by atoms with Crippen LogP contribution in [0.15, 0.2) is 72.8 Å². The maximum Gasteiger partial charge on any atom is 0.163 e. The number of carbonyl (C=O) groups is 5. The molecule has 8 nitrogen and oxygen atoms in total. The SMILES string of the molecule is CC(=O)CCCCCCC(C)=O.CC(=O)c1ccc(C(C)=O)cc1.COc1ccc(/C=C/C(C)=O)cc1.COc1cccc(C)c1OC. The van der Waals surface area contributed by atoms with Gasteiger partial charge in [0.2, 0.25) is 0 Å². The molecule has 0 radical (unpaired) electrons. The summed E-state index contributed by atoms with van der Waals surface area (Å²) in [4.78, 5) is 53.4. The van der Waals surface area contributed by atoms with Gasteiger partial charge in [-0.3, -0.25) is 14.4 Å². The van der Waals surface area contributed by atoms with E-state index in [-0.39, 0.29) is 28.9 Å². The number of ketones is 5. The van der Waals surface area contributed by atoms with Crippen LogP contribution in [0.3, 0.4) is 0 Å². The highest BCUT2D eigenvalue weighted by molar-refractivity contribution is 5.97. The van der Waals surface area contributed by atoms with E-state index in [2.05, 4.69) is 0 Å². The van der Waals surface area contributed by atoms with Crippen molar-refractivity contribution < 1.29 is 38.2 Å². The lowest BCUT2D eigenvalue weighted by Crippen LogP contribution is -1.95. The molecule has 0 heterocycles. The Bertz CT molecular complexity index is 1400. The van der Waals surface area contributed by atoms with Crippen LogP contribution >= 0.6 is 0 Å². The van der Waals surface area contributed by atoms with Crippen molar-refractivity contribution in [3.05, 3.63) is 95.1 Å². The first-order valence-electron chi connectivity index (χ1n) is 15.9. The topological polar surface area (TPSA) is 113 Å². The molecule has 0 fully saturated rings. The van der Waals surface area contributed by atoms with Gasteiger partial charge in [0.15, 0.2) is 28.8 Å². The zero-order valence-electron chi connectivity index (χ0n) is 30.0. The molecule has 260 valence electrons. The third-order valence-electron chi connectivity index (χ3n) is 6.73. The summed E-state index contributed by atoms with van der Waals surface area (Å²) in [5.41, 5.74) is 3.36. The normalized spacial score (nSPS) is 9.77. The van der Waals surface area contributed by atoms with Crippen LogP contribution in [-0.4, -0.2) is 50.2 Å². The zero-order valence-corrected chi connectivity index (χ0v) is 30.0. The lowest BCUT2D eigenvalue weighted by atomic mass is 10.1. The minimum Gasteiger partial charge on any atom is -0.497 e. The van der Waals surface area contributed by atoms with E-state index in [9.17, 15) is 24.0 Å². The first-order chi connectivity index (χ1) is 22.7. The Kier molecular flexibility index (Phi) is 22.7. The van der Waals surface area contributed by atoms with Crippen LogP contribution in [0.4, 0.5) is 0 Å². The minimum absolute atomic E-state index is 0.0186. The average molecular weight is 661 g/mol. The van der Waals surface area contributed by atoms with Gasteiger partial charge in [0, 0.05) is 24.0 Å². The Labute approximate surface area is 286 Å². The zero-order chi connectivity index (χ0) is 36.5. The third-order valence-corrected chi connectivity index (χ3v) is 6.73. The maximum absolute atomic E-state index is 10.8. The van der Waals surface area contributed by atoms with Gasteiger partial charge in [-0.25, -0.2) is 0 Å². The van der Waals surface area contributed by atoms with E-state index in [1.807, 2.05) is 49.4 Å². The van der Waals surface area contributed by atoms with Gasteiger partial charge in [-0.2, -0.15) is 0 Å². The fraction of sp³-hybridized carbons (Fsp3) is 0.375. The van der Waals surface area contributed by atoms with Crippen molar-refractivity contribution in [1.29, 1.82) is 0 Å². The Morgan fingerprint density at radius 2 is 1.06 bits per heavy atom. The van der Waals surface area contributed by atoms with Crippen LogP contribution in [0.25, 0.3) is 6.08 Å². The van der Waals surface area contributed by atoms with Gasteiger partial charge in [0.05, 0.1) is 21.3 Å². The molecule has 0 aliphatic rings. The summed E-state index contributed by atoms with van der Waals surface area (Å²) >= 11 is 0. The highest BCUT2D eigenvalue weighted by atomic mass is 16.5. The Morgan fingerprint density at radius 1 is 0.583 bits per heavy atom. The molecule has 0 aromatic heterocycles. The van der Waals surface area contributed by atoms with Gasteiger partial charge in [-0.1, -0.05) is 67.4 Å². The average Bonchev–Trinajstić information content (AvgIpc) is 3.06. The van der Waals surface area contributed by atoms with Gasteiger partial charge in [0.25, 0.3) is 0 Å². The van der Waals surface area contributed by atoms with E-state index in [1.165, 1.54) is 20.8 Å². The van der Waals surface area contributed by atoms with E-state index < -0.39 is 0 Å². The summed E-state index contributed by atoms with van der Waals surface area (Å²) in [5.74, 6) is 3.04. The Hall–Kier alpha value is -4.85. The molecule has 0 amide bonds. The number of ether oxygens (including phenoxy) is 3. The Balaban J connectivity index is 0.000000615. The molecule has 0 bridgehead atoms. The number of carbonyl (C=O) groups excluding carboxylic acids is 5. The van der Waals surface area contributed by atoms with E-state index in [0.717, 1.165) is 54.1 Å². The molecule has 0 aliphatic heterocycles. The number of rotatable bonds is 14. The second kappa shape index (κ2) is 25.3. The molecule has 48 heavy (non-hydrogen) atoms. The van der Waals surface area contributed by atoms with Crippen molar-refractivity contribution in [2.45, 2.75) is 80.1 Å². The number of aryl methyl sites for hydroxylation is 1. The van der Waals surface area contributed by atoms with Crippen molar-refractivity contribution in [1.82, 2.24) is 0 Å². The van der Waals surface area contributed by atoms with Crippen LogP contribution < -0.4 is 14.2 Å². The molecule has 8 heteroatoms. The number of benzene rings is 3. The molecule has 0 atom stereocenters. The first kappa shape index (κ1) is 43.1. The van der Waals surface area contributed by atoms with Crippen molar-refractivity contribution in [3.8, 4) is 17.2 Å². The number of methoxy groups -OCH3 is 3. The van der Waals surface area contributed by atoms with Gasteiger partial charge in [-0.15, -0.1) is 0 Å². The lowest BCUT2D eigenvalue weighted by molar-refractivity contribution is -0.118. The van der Waals surface area contributed by atoms with Crippen LogP contribution in [0.5, 0.6) is 17.2 Å². The van der Waals surface area contributed by atoms with Crippen LogP contribution in [0, 0.1) is 6.92 Å². The summed E-state index contributed by atoms with van der Waals surface area (Å²) in [5, 5.41) is 0. The van der Waals surface area contributed by atoms with Gasteiger partial charge < -0.3 is 23.8 Å². The van der Waals surface area contributed by atoms with E-state index >= 15 is 0 Å². The van der Waals surface area contributed by atoms with E-state index in [0.29, 0.717) is 24.0 Å². The summed E-state index contributed by atoms with van der Waals surface area (Å²) < 4.78 is 15.2. The molecule has 0 saturated heterocycles. The highest BCUT2D eigenvalue weighted by Gasteiger charge is 2.04. The summed E-state index contributed by atoms with van der Waals surface area (Å²) in [6.07, 6.45) is 8.82. The molecule has 3 aromatic carbocycles. The van der Waals surface area contributed by atoms with E-state index in [1.54, 1.807) is 71.6 Å². The smallest absolute Gasteiger partial charge is 0.163 e. The summed E-state index contributed by atoms with van der Waals surface area (Å²) in [6.45, 7) is 9.76. The van der Waals surface area contributed by atoms with Gasteiger partial charge in [-0.05, 0) is 89.8 Å². The molecule has 3 aromatic rings. The van der Waals surface area contributed by atoms with E-state index in [4.69, 9.17) is 14.2 Å². The molecular formula is C40H52O8. The third kappa shape index (κ3) is 20.3. The molecule has 0 aliphatic carbocycles. The number of hydrogen-bond acceptors (Lipinski definition) is 8. The van der Waals surface area contributed by atoms with Crippen LogP contribution in [0.1, 0.15) is 105 Å². The minimum atomic E-state index is 0.0186. The van der Waals surface area contributed by atoms with Crippen molar-refractivity contribution >= 4 is 35.0 Å². The quantitative estimate of drug-likeness (QED) is 0.0957. The largest absolute Gasteiger partial charge is 0.497 e. The molecular weight excluding hydrogens is 608 g/mol. The molecule has 0 N–H and O–H groups in total. The first-order valence-corrected chi connectivity index (χ1v) is 15.9. The molecule has 0 saturated carbocycles. The van der Waals surface area contributed by atoms with Crippen molar-refractivity contribution in [3.63, 3.8) is 0 Å². The summed E-state index contributed by atoms with van der Waals surface area (Å²) in [7, 11) is 4.91. The van der Waals surface area contributed by atoms with Crippen molar-refractivity contribution in [2.24, 2.45) is 0 Å². The molecule has 0 unspecified atom stereocenters. The number of Topliss-reactive ketones (excluding diaryl/α,β-unsaturated/α-hetero) is 4. The molecule has 0 spiro atoms. The maximum atomic E-state index is 10.8. The van der Waals surface area contributed by atoms with Crippen LogP contribution in [-0.2, 0) is 14.4 Å². The van der Waals surface area contributed by atoms with Gasteiger partial charge in [0.1, 0.15) is 17.3 Å².